The van der Waals surface area contributed by atoms with Crippen molar-refractivity contribution >= 4 is 40.7 Å². The molecule has 1 unspecified atom stereocenters. The average molecular weight is 399 g/mol. The van der Waals surface area contributed by atoms with Gasteiger partial charge < -0.3 is 15.5 Å². The quantitative estimate of drug-likeness (QED) is 0.315. The zero-order valence-corrected chi connectivity index (χ0v) is 15.8. The highest BCUT2D eigenvalue weighted by atomic mass is 32.2. The van der Waals surface area contributed by atoms with Crippen molar-refractivity contribution in [3.05, 3.63) is 40.4 Å². The highest BCUT2D eigenvalue weighted by Gasteiger charge is 2.26. The summed E-state index contributed by atoms with van der Waals surface area (Å²) >= 11 is -1.30. The largest absolute Gasteiger partial charge is 0.394 e. The summed E-state index contributed by atoms with van der Waals surface area (Å²) in [5, 5.41) is 6.66. The number of anilines is 1. The van der Waals surface area contributed by atoms with Crippen LogP contribution in [0, 0.1) is 6.92 Å². The van der Waals surface area contributed by atoms with Crippen LogP contribution in [0.4, 0.5) is 5.69 Å². The topological polar surface area (TPSA) is 142 Å². The maximum atomic E-state index is 12.6. The van der Waals surface area contributed by atoms with Gasteiger partial charge in [0.05, 0.1) is 5.69 Å². The van der Waals surface area contributed by atoms with E-state index in [0.717, 1.165) is 11.9 Å². The van der Waals surface area contributed by atoms with E-state index in [1.165, 1.54) is 5.41 Å². The number of amides is 2. The molecule has 2 amide bonds. The molecule has 9 nitrogen and oxygen atoms in total. The van der Waals surface area contributed by atoms with Crippen LogP contribution in [0.15, 0.2) is 29.3 Å². The molecule has 6 N–H and O–H groups in total. The summed E-state index contributed by atoms with van der Waals surface area (Å²) in [5.74, 6) is -0.448. The maximum absolute atomic E-state index is 12.6. The fraction of sp³-hybridized carbons (Fsp3) is 0.333. The van der Waals surface area contributed by atoms with Gasteiger partial charge in [-0.3, -0.25) is 24.0 Å². The fourth-order valence-corrected chi connectivity index (χ4v) is 3.27. The monoisotopic (exact) mass is 399 g/mol. The summed E-state index contributed by atoms with van der Waals surface area (Å²) in [7, 11) is 0. The first kappa shape index (κ1) is 20.2. The Bertz CT molecular complexity index is 748. The SMILES string of the molecule is Cc1cc(C(=O)N2CCN(C(=O)/C(N)=C/SN)CC2)ccc1NS(=O)O. The average Bonchev–Trinajstić information content (AvgIpc) is 2.62. The Morgan fingerprint density at radius 1 is 1.27 bits per heavy atom. The number of hydrogen-bond acceptors (Lipinski definition) is 6. The van der Waals surface area contributed by atoms with E-state index in [2.05, 4.69) is 4.72 Å². The number of carbonyl (C=O) groups excluding carboxylic acids is 2. The Labute approximate surface area is 158 Å². The molecule has 142 valence electrons. The molecule has 26 heavy (non-hydrogen) atoms. The van der Waals surface area contributed by atoms with E-state index in [1.54, 1.807) is 34.9 Å². The molecule has 1 atom stereocenters. The molecular weight excluding hydrogens is 378 g/mol. The Hall–Kier alpha value is -2.08. The molecule has 0 radical (unpaired) electrons. The van der Waals surface area contributed by atoms with Crippen molar-refractivity contribution in [2.24, 2.45) is 10.9 Å². The van der Waals surface area contributed by atoms with E-state index in [1.807, 2.05) is 0 Å². The van der Waals surface area contributed by atoms with Crippen molar-refractivity contribution in [1.82, 2.24) is 9.80 Å². The van der Waals surface area contributed by atoms with Gasteiger partial charge in [-0.1, -0.05) is 11.9 Å². The van der Waals surface area contributed by atoms with E-state index in [9.17, 15) is 13.8 Å². The van der Waals surface area contributed by atoms with E-state index in [0.29, 0.717) is 43.0 Å². The Morgan fingerprint density at radius 2 is 1.88 bits per heavy atom. The second-order valence-electron chi connectivity index (χ2n) is 5.67. The first-order valence-electron chi connectivity index (χ1n) is 7.71. The molecule has 2 rings (SSSR count). The van der Waals surface area contributed by atoms with Crippen molar-refractivity contribution in [3.8, 4) is 0 Å². The van der Waals surface area contributed by atoms with Gasteiger partial charge in [0.15, 0.2) is 0 Å². The second-order valence-corrected chi connectivity index (χ2v) is 6.88. The van der Waals surface area contributed by atoms with Crippen LogP contribution in [0.1, 0.15) is 15.9 Å². The van der Waals surface area contributed by atoms with Gasteiger partial charge in [-0.2, -0.15) is 0 Å². The molecular formula is C15H21N5O4S2. The molecule has 1 aliphatic heterocycles. The number of aryl methyl sites for hydroxylation is 1. The molecule has 1 fully saturated rings. The molecule has 0 bridgehead atoms. The first-order valence-corrected chi connectivity index (χ1v) is 9.76. The number of nitrogens with two attached hydrogens (primary N) is 2. The zero-order valence-electron chi connectivity index (χ0n) is 14.2. The minimum atomic E-state index is -2.17. The maximum Gasteiger partial charge on any atom is 0.270 e. The van der Waals surface area contributed by atoms with Gasteiger partial charge in [-0.15, -0.1) is 0 Å². The number of piperazine rings is 1. The van der Waals surface area contributed by atoms with Gasteiger partial charge in [0, 0.05) is 37.2 Å². The van der Waals surface area contributed by atoms with Crippen molar-refractivity contribution < 1.29 is 18.4 Å². The lowest BCUT2D eigenvalue weighted by Crippen LogP contribution is -2.51. The molecule has 0 aromatic heterocycles. The molecule has 0 saturated carbocycles. The summed E-state index contributed by atoms with van der Waals surface area (Å²) in [5.41, 5.74) is 7.38. The summed E-state index contributed by atoms with van der Waals surface area (Å²) < 4.78 is 22.1. The summed E-state index contributed by atoms with van der Waals surface area (Å²) in [6, 6.07) is 4.85. The van der Waals surface area contributed by atoms with Crippen LogP contribution in [0.2, 0.25) is 0 Å². The third-order valence-electron chi connectivity index (χ3n) is 3.97. The van der Waals surface area contributed by atoms with Crippen molar-refractivity contribution in [1.29, 1.82) is 0 Å². The van der Waals surface area contributed by atoms with Crippen LogP contribution >= 0.6 is 11.9 Å². The van der Waals surface area contributed by atoms with Crippen LogP contribution in [0.3, 0.4) is 0 Å². The number of rotatable bonds is 5. The first-order chi connectivity index (χ1) is 12.3. The highest BCUT2D eigenvalue weighted by Crippen LogP contribution is 2.19. The smallest absolute Gasteiger partial charge is 0.270 e. The summed E-state index contributed by atoms with van der Waals surface area (Å²) in [6.07, 6.45) is 0. The molecule has 11 heteroatoms. The molecule has 0 aliphatic carbocycles. The Balaban J connectivity index is 2.00. The summed E-state index contributed by atoms with van der Waals surface area (Å²) in [6.45, 7) is 3.31. The molecule has 0 spiro atoms. The normalized spacial score (nSPS) is 16.3. The minimum Gasteiger partial charge on any atom is -0.394 e. The number of nitrogens with zero attached hydrogens (tertiary/aromatic N) is 2. The van der Waals surface area contributed by atoms with Crippen LogP contribution < -0.4 is 15.6 Å². The molecule has 1 aliphatic rings. The molecule has 1 saturated heterocycles. The van der Waals surface area contributed by atoms with Gasteiger partial charge in [-0.05, 0) is 30.7 Å². The lowest BCUT2D eigenvalue weighted by atomic mass is 10.1. The summed E-state index contributed by atoms with van der Waals surface area (Å²) in [4.78, 5) is 28.0. The molecule has 1 heterocycles. The van der Waals surface area contributed by atoms with E-state index in [-0.39, 0.29) is 17.5 Å². The van der Waals surface area contributed by atoms with E-state index >= 15 is 0 Å². The standard InChI is InChI=1S/C15H21N5O4S2/c1-10-8-11(2-3-13(10)18-26(23)24)14(21)19-4-6-20(7-5-19)15(22)12(16)9-25-17/h2-3,8-9,18H,4-7,16-17H2,1H3,(H,23,24)/b12-9-. The Morgan fingerprint density at radius 3 is 2.42 bits per heavy atom. The van der Waals surface area contributed by atoms with Crippen LogP contribution in [-0.2, 0) is 16.1 Å². The van der Waals surface area contributed by atoms with Crippen molar-refractivity contribution in [2.45, 2.75) is 6.92 Å². The van der Waals surface area contributed by atoms with E-state index in [4.69, 9.17) is 15.4 Å². The molecule has 1 aromatic carbocycles. The number of nitrogens with one attached hydrogen (secondary N) is 1. The third-order valence-corrected chi connectivity index (χ3v) is 4.75. The van der Waals surface area contributed by atoms with Crippen molar-refractivity contribution in [2.75, 3.05) is 30.9 Å². The van der Waals surface area contributed by atoms with Gasteiger partial charge in [0.2, 0.25) is 0 Å². The fourth-order valence-electron chi connectivity index (χ4n) is 2.61. The minimum absolute atomic E-state index is 0.0808. The van der Waals surface area contributed by atoms with E-state index < -0.39 is 11.3 Å². The van der Waals surface area contributed by atoms with Gasteiger partial charge in [0.25, 0.3) is 23.1 Å². The lowest BCUT2D eigenvalue weighted by Gasteiger charge is -2.34. The predicted molar refractivity (Wildman–Crippen MR) is 102 cm³/mol. The Kier molecular flexibility index (Phi) is 7.03. The molecule has 1 aromatic rings. The van der Waals surface area contributed by atoms with Crippen molar-refractivity contribution in [3.63, 3.8) is 0 Å². The lowest BCUT2D eigenvalue weighted by molar-refractivity contribution is -0.128. The number of hydrogen-bond donors (Lipinski definition) is 4. The highest BCUT2D eigenvalue weighted by molar-refractivity contribution is 8.00. The van der Waals surface area contributed by atoms with Crippen LogP contribution in [-0.4, -0.2) is 56.6 Å². The van der Waals surface area contributed by atoms with Crippen LogP contribution in [0.5, 0.6) is 0 Å². The number of carbonyl (C=O) groups is 2. The van der Waals surface area contributed by atoms with Gasteiger partial charge >= 0.3 is 0 Å². The second kappa shape index (κ2) is 9.03. The van der Waals surface area contributed by atoms with Gasteiger partial charge in [-0.25, -0.2) is 4.21 Å². The number of benzene rings is 1. The zero-order chi connectivity index (χ0) is 19.3. The predicted octanol–water partition coefficient (Wildman–Crippen LogP) is 0.235. The third kappa shape index (κ3) is 4.97. The van der Waals surface area contributed by atoms with Crippen LogP contribution in [0.25, 0.3) is 0 Å². The van der Waals surface area contributed by atoms with Gasteiger partial charge in [0.1, 0.15) is 5.70 Å².